The lowest BCUT2D eigenvalue weighted by Gasteiger charge is -2.45. The smallest absolute Gasteiger partial charge is 0.0734 e. The highest BCUT2D eigenvalue weighted by atomic mass is 15.2. The molecule has 2 rings (SSSR count). The fourth-order valence-corrected chi connectivity index (χ4v) is 4.06. The van der Waals surface area contributed by atoms with Gasteiger partial charge < -0.3 is 0 Å². The molecule has 23 heavy (non-hydrogen) atoms. The molecule has 0 saturated carbocycles. The lowest BCUT2D eigenvalue weighted by atomic mass is 9.72. The summed E-state index contributed by atoms with van der Waals surface area (Å²) in [6, 6.07) is 16.1. The van der Waals surface area contributed by atoms with E-state index in [2.05, 4.69) is 96.1 Å². The zero-order valence-corrected chi connectivity index (χ0v) is 15.8. The number of hydrogen-bond acceptors (Lipinski definition) is 1. The number of aryl methyl sites for hydroxylation is 3. The zero-order chi connectivity index (χ0) is 17.2. The summed E-state index contributed by atoms with van der Waals surface area (Å²) in [7, 11) is 4.40. The fraction of sp³-hybridized carbons (Fsp3) is 0.455. The Kier molecular flexibility index (Phi) is 5.31. The first-order valence-corrected chi connectivity index (χ1v) is 8.68. The highest BCUT2D eigenvalue weighted by molar-refractivity contribution is 5.43. The predicted molar refractivity (Wildman–Crippen MR) is 101 cm³/mol. The van der Waals surface area contributed by atoms with Gasteiger partial charge in [0, 0.05) is 0 Å². The molecular weight excluding hydrogens is 278 g/mol. The Bertz CT molecular complexity index is 622. The standard InChI is InChI=1S/C22H31N/c1-8-19-9-11-20(12-10-19)22(16(2)3,23(6)7)21-14-17(4)13-18(5)15-21/h9-16H,8H2,1-7H3. The molecule has 1 atom stereocenters. The van der Waals surface area contributed by atoms with E-state index in [1.165, 1.54) is 27.8 Å². The van der Waals surface area contributed by atoms with E-state index in [1.54, 1.807) is 0 Å². The predicted octanol–water partition coefficient (Wildman–Crippen LogP) is 5.33. The SMILES string of the molecule is CCc1ccc(C(c2cc(C)cc(C)c2)(C(C)C)N(C)C)cc1. The van der Waals surface area contributed by atoms with E-state index in [4.69, 9.17) is 0 Å². The molecule has 0 aliphatic carbocycles. The van der Waals surface area contributed by atoms with E-state index >= 15 is 0 Å². The molecule has 0 fully saturated rings. The first-order chi connectivity index (χ1) is 10.8. The van der Waals surface area contributed by atoms with E-state index in [0.717, 1.165) is 6.42 Å². The Labute approximate surface area is 142 Å². The molecule has 0 aliphatic rings. The normalized spacial score (nSPS) is 14.3. The van der Waals surface area contributed by atoms with Crippen LogP contribution in [0.25, 0.3) is 0 Å². The van der Waals surface area contributed by atoms with Gasteiger partial charge in [-0.05, 0) is 57.0 Å². The molecule has 1 heteroatoms. The van der Waals surface area contributed by atoms with Crippen molar-refractivity contribution in [3.05, 3.63) is 70.3 Å². The maximum Gasteiger partial charge on any atom is 0.0734 e. The van der Waals surface area contributed by atoms with Crippen molar-refractivity contribution < 1.29 is 0 Å². The van der Waals surface area contributed by atoms with Gasteiger partial charge in [-0.25, -0.2) is 0 Å². The zero-order valence-electron chi connectivity index (χ0n) is 15.8. The molecule has 2 aromatic rings. The van der Waals surface area contributed by atoms with Gasteiger partial charge in [0.05, 0.1) is 5.54 Å². The lowest BCUT2D eigenvalue weighted by Crippen LogP contribution is -2.47. The molecule has 0 aromatic heterocycles. The summed E-state index contributed by atoms with van der Waals surface area (Å²) in [6.45, 7) is 11.2. The van der Waals surface area contributed by atoms with Crippen LogP contribution in [0.2, 0.25) is 0 Å². The van der Waals surface area contributed by atoms with Crippen molar-refractivity contribution in [1.29, 1.82) is 0 Å². The summed E-state index contributed by atoms with van der Waals surface area (Å²) >= 11 is 0. The molecule has 1 unspecified atom stereocenters. The van der Waals surface area contributed by atoms with Gasteiger partial charge in [0.1, 0.15) is 0 Å². The van der Waals surface area contributed by atoms with Crippen LogP contribution < -0.4 is 0 Å². The molecular formula is C22H31N. The number of rotatable bonds is 5. The third-order valence-corrected chi connectivity index (χ3v) is 5.01. The lowest BCUT2D eigenvalue weighted by molar-refractivity contribution is 0.138. The van der Waals surface area contributed by atoms with Crippen molar-refractivity contribution in [1.82, 2.24) is 4.90 Å². The van der Waals surface area contributed by atoms with Crippen molar-refractivity contribution in [2.45, 2.75) is 46.6 Å². The van der Waals surface area contributed by atoms with E-state index < -0.39 is 0 Å². The average Bonchev–Trinajstić information content (AvgIpc) is 2.47. The third kappa shape index (κ3) is 3.21. The molecule has 0 saturated heterocycles. The maximum absolute atomic E-state index is 2.38. The van der Waals surface area contributed by atoms with Gasteiger partial charge in [0.25, 0.3) is 0 Å². The summed E-state index contributed by atoms with van der Waals surface area (Å²) in [5.74, 6) is 0.464. The second-order valence-electron chi connectivity index (χ2n) is 7.24. The van der Waals surface area contributed by atoms with Crippen LogP contribution in [0.15, 0.2) is 42.5 Å². The van der Waals surface area contributed by atoms with Crippen LogP contribution in [0.3, 0.4) is 0 Å². The van der Waals surface area contributed by atoms with Gasteiger partial charge in [-0.3, -0.25) is 4.90 Å². The van der Waals surface area contributed by atoms with Gasteiger partial charge in [-0.2, -0.15) is 0 Å². The molecule has 0 aliphatic heterocycles. The minimum absolute atomic E-state index is 0.108. The number of nitrogens with zero attached hydrogens (tertiary/aromatic N) is 1. The first-order valence-electron chi connectivity index (χ1n) is 8.68. The molecule has 124 valence electrons. The quantitative estimate of drug-likeness (QED) is 0.722. The summed E-state index contributed by atoms with van der Waals surface area (Å²) in [6.07, 6.45) is 1.08. The summed E-state index contributed by atoms with van der Waals surface area (Å²) < 4.78 is 0. The molecule has 0 spiro atoms. The van der Waals surface area contributed by atoms with Crippen LogP contribution in [-0.2, 0) is 12.0 Å². The van der Waals surface area contributed by atoms with E-state index in [-0.39, 0.29) is 5.54 Å². The van der Waals surface area contributed by atoms with Gasteiger partial charge >= 0.3 is 0 Å². The van der Waals surface area contributed by atoms with Gasteiger partial charge in [0.2, 0.25) is 0 Å². The summed E-state index contributed by atoms with van der Waals surface area (Å²) in [5, 5.41) is 0. The van der Waals surface area contributed by atoms with Crippen LogP contribution in [0.1, 0.15) is 48.6 Å². The van der Waals surface area contributed by atoms with Gasteiger partial charge in [-0.15, -0.1) is 0 Å². The molecule has 2 aromatic carbocycles. The second-order valence-corrected chi connectivity index (χ2v) is 7.24. The average molecular weight is 309 g/mol. The van der Waals surface area contributed by atoms with E-state index in [9.17, 15) is 0 Å². The summed E-state index contributed by atoms with van der Waals surface area (Å²) in [4.78, 5) is 2.38. The molecule has 1 nitrogen and oxygen atoms in total. The Morgan fingerprint density at radius 2 is 1.39 bits per heavy atom. The monoisotopic (exact) mass is 309 g/mol. The third-order valence-electron chi connectivity index (χ3n) is 5.01. The van der Waals surface area contributed by atoms with Crippen LogP contribution in [0.5, 0.6) is 0 Å². The molecule has 0 N–H and O–H groups in total. The van der Waals surface area contributed by atoms with Crippen molar-refractivity contribution in [3.63, 3.8) is 0 Å². The van der Waals surface area contributed by atoms with Crippen molar-refractivity contribution in [3.8, 4) is 0 Å². The van der Waals surface area contributed by atoms with E-state index in [1.807, 2.05) is 0 Å². The topological polar surface area (TPSA) is 3.24 Å². The number of hydrogen-bond donors (Lipinski definition) is 0. The summed E-state index contributed by atoms with van der Waals surface area (Å²) in [5.41, 5.74) is 6.71. The molecule has 0 amide bonds. The largest absolute Gasteiger partial charge is 0.296 e. The fourth-order valence-electron chi connectivity index (χ4n) is 4.06. The highest BCUT2D eigenvalue weighted by Gasteiger charge is 2.40. The van der Waals surface area contributed by atoms with Crippen molar-refractivity contribution >= 4 is 0 Å². The van der Waals surface area contributed by atoms with Crippen LogP contribution in [-0.4, -0.2) is 19.0 Å². The highest BCUT2D eigenvalue weighted by Crippen LogP contribution is 2.41. The Morgan fingerprint density at radius 1 is 0.870 bits per heavy atom. The number of benzene rings is 2. The molecule has 0 bridgehead atoms. The Hall–Kier alpha value is -1.60. The van der Waals surface area contributed by atoms with Crippen LogP contribution >= 0.6 is 0 Å². The van der Waals surface area contributed by atoms with Crippen molar-refractivity contribution in [2.24, 2.45) is 5.92 Å². The second kappa shape index (κ2) is 6.88. The van der Waals surface area contributed by atoms with E-state index in [0.29, 0.717) is 5.92 Å². The maximum atomic E-state index is 2.38. The van der Waals surface area contributed by atoms with Crippen LogP contribution in [0.4, 0.5) is 0 Å². The Morgan fingerprint density at radius 3 is 1.78 bits per heavy atom. The Balaban J connectivity index is 2.73. The molecule has 0 heterocycles. The van der Waals surface area contributed by atoms with Gasteiger partial charge in [-0.1, -0.05) is 74.4 Å². The van der Waals surface area contributed by atoms with Crippen molar-refractivity contribution in [2.75, 3.05) is 14.1 Å². The van der Waals surface area contributed by atoms with Gasteiger partial charge in [0.15, 0.2) is 0 Å². The van der Waals surface area contributed by atoms with Crippen LogP contribution in [0, 0.1) is 19.8 Å². The molecule has 0 radical (unpaired) electrons. The minimum Gasteiger partial charge on any atom is -0.296 e. The first kappa shape index (κ1) is 17.7. The minimum atomic E-state index is -0.108.